The SMILES string of the molecule is CC1=NNC(=O)[C@@H]1CC(=O)N/N=C\c1ccccc1. The summed E-state index contributed by atoms with van der Waals surface area (Å²) in [6.45, 7) is 1.71. The van der Waals surface area contributed by atoms with Gasteiger partial charge in [-0.1, -0.05) is 30.3 Å². The maximum absolute atomic E-state index is 11.6. The van der Waals surface area contributed by atoms with Crippen molar-refractivity contribution in [3.63, 3.8) is 0 Å². The number of nitrogens with zero attached hydrogens (tertiary/aromatic N) is 2. The molecule has 2 amide bonds. The minimum absolute atomic E-state index is 0.0489. The van der Waals surface area contributed by atoms with Crippen molar-refractivity contribution in [3.8, 4) is 0 Å². The summed E-state index contributed by atoms with van der Waals surface area (Å²) in [6, 6.07) is 9.40. The van der Waals surface area contributed by atoms with E-state index in [0.29, 0.717) is 5.71 Å². The summed E-state index contributed by atoms with van der Waals surface area (Å²) in [4.78, 5) is 23.0. The minimum Gasteiger partial charge on any atom is -0.273 e. The zero-order valence-corrected chi connectivity index (χ0v) is 10.5. The lowest BCUT2D eigenvalue weighted by Gasteiger charge is -2.05. The zero-order valence-electron chi connectivity index (χ0n) is 10.5. The third-order valence-corrected chi connectivity index (χ3v) is 2.76. The van der Waals surface area contributed by atoms with E-state index in [9.17, 15) is 9.59 Å². The summed E-state index contributed by atoms with van der Waals surface area (Å²) in [5.41, 5.74) is 6.24. The lowest BCUT2D eigenvalue weighted by atomic mass is 10.0. The molecular weight excluding hydrogens is 244 g/mol. The Labute approximate surface area is 110 Å². The summed E-state index contributed by atoms with van der Waals surface area (Å²) < 4.78 is 0. The molecule has 1 atom stereocenters. The molecule has 0 aromatic heterocycles. The topological polar surface area (TPSA) is 82.9 Å². The van der Waals surface area contributed by atoms with E-state index in [2.05, 4.69) is 21.1 Å². The lowest BCUT2D eigenvalue weighted by molar-refractivity contribution is -0.127. The first kappa shape index (κ1) is 12.9. The highest BCUT2D eigenvalue weighted by Crippen LogP contribution is 2.11. The molecule has 2 N–H and O–H groups in total. The first-order valence-electron chi connectivity index (χ1n) is 5.88. The second-order valence-corrected chi connectivity index (χ2v) is 4.19. The maximum Gasteiger partial charge on any atom is 0.249 e. The van der Waals surface area contributed by atoms with Crippen LogP contribution in [0.25, 0.3) is 0 Å². The lowest BCUT2D eigenvalue weighted by Crippen LogP contribution is -2.29. The number of carbonyl (C=O) groups is 2. The number of hydrogen-bond donors (Lipinski definition) is 2. The van der Waals surface area contributed by atoms with Gasteiger partial charge in [0.05, 0.1) is 12.1 Å². The van der Waals surface area contributed by atoms with Crippen molar-refractivity contribution in [1.82, 2.24) is 10.9 Å². The van der Waals surface area contributed by atoms with Gasteiger partial charge >= 0.3 is 0 Å². The van der Waals surface area contributed by atoms with Gasteiger partial charge in [0.2, 0.25) is 11.8 Å². The Kier molecular flexibility index (Phi) is 4.02. The van der Waals surface area contributed by atoms with E-state index >= 15 is 0 Å². The van der Waals surface area contributed by atoms with Gasteiger partial charge in [0.25, 0.3) is 0 Å². The molecule has 2 rings (SSSR count). The van der Waals surface area contributed by atoms with Gasteiger partial charge < -0.3 is 0 Å². The Bertz CT molecular complexity index is 537. The average Bonchev–Trinajstić information content (AvgIpc) is 2.72. The number of benzene rings is 1. The van der Waals surface area contributed by atoms with Crippen LogP contribution in [0, 0.1) is 5.92 Å². The van der Waals surface area contributed by atoms with Gasteiger partial charge in [-0.3, -0.25) is 9.59 Å². The van der Waals surface area contributed by atoms with Crippen LogP contribution >= 0.6 is 0 Å². The van der Waals surface area contributed by atoms with Crippen molar-refractivity contribution in [3.05, 3.63) is 35.9 Å². The van der Waals surface area contributed by atoms with Crippen LogP contribution in [-0.4, -0.2) is 23.7 Å². The molecule has 0 saturated heterocycles. The minimum atomic E-state index is -0.494. The van der Waals surface area contributed by atoms with Gasteiger partial charge in [0.15, 0.2) is 0 Å². The van der Waals surface area contributed by atoms with Crippen LogP contribution in [0.3, 0.4) is 0 Å². The van der Waals surface area contributed by atoms with E-state index in [0.717, 1.165) is 5.56 Å². The zero-order chi connectivity index (χ0) is 13.7. The molecule has 1 aliphatic rings. The van der Waals surface area contributed by atoms with Gasteiger partial charge in [-0.2, -0.15) is 10.2 Å². The summed E-state index contributed by atoms with van der Waals surface area (Å²) in [5, 5.41) is 7.62. The molecule has 0 saturated carbocycles. The van der Waals surface area contributed by atoms with Crippen molar-refractivity contribution >= 4 is 23.7 Å². The number of amides is 2. The van der Waals surface area contributed by atoms with E-state index in [1.165, 1.54) is 0 Å². The Morgan fingerprint density at radius 3 is 2.84 bits per heavy atom. The van der Waals surface area contributed by atoms with Gasteiger partial charge in [0.1, 0.15) is 0 Å². The van der Waals surface area contributed by atoms with E-state index in [4.69, 9.17) is 0 Å². The van der Waals surface area contributed by atoms with Crippen molar-refractivity contribution < 1.29 is 9.59 Å². The molecule has 6 heteroatoms. The summed E-state index contributed by atoms with van der Waals surface area (Å²) in [5.74, 6) is -1.06. The second-order valence-electron chi connectivity index (χ2n) is 4.19. The average molecular weight is 258 g/mol. The molecule has 1 aromatic carbocycles. The van der Waals surface area contributed by atoms with Crippen LogP contribution < -0.4 is 10.9 Å². The van der Waals surface area contributed by atoms with Crippen LogP contribution in [0.1, 0.15) is 18.9 Å². The van der Waals surface area contributed by atoms with Gasteiger partial charge in [-0.25, -0.2) is 10.9 Å². The summed E-state index contributed by atoms with van der Waals surface area (Å²) >= 11 is 0. The molecule has 1 aromatic rings. The Morgan fingerprint density at radius 2 is 2.21 bits per heavy atom. The van der Waals surface area contributed by atoms with Gasteiger partial charge in [-0.05, 0) is 12.5 Å². The molecule has 6 nitrogen and oxygen atoms in total. The molecule has 0 bridgehead atoms. The number of hydrogen-bond acceptors (Lipinski definition) is 4. The van der Waals surface area contributed by atoms with Crippen molar-refractivity contribution in [2.45, 2.75) is 13.3 Å². The number of rotatable bonds is 4. The quantitative estimate of drug-likeness (QED) is 0.614. The fraction of sp³-hybridized carbons (Fsp3) is 0.231. The highest BCUT2D eigenvalue weighted by molar-refractivity contribution is 6.09. The van der Waals surface area contributed by atoms with Crippen molar-refractivity contribution in [1.29, 1.82) is 0 Å². The Balaban J connectivity index is 1.84. The summed E-state index contributed by atoms with van der Waals surface area (Å²) in [7, 11) is 0. The molecule has 0 aliphatic carbocycles. The van der Waals surface area contributed by atoms with Crippen LogP contribution in [-0.2, 0) is 9.59 Å². The summed E-state index contributed by atoms with van der Waals surface area (Å²) in [6.07, 6.45) is 1.60. The normalized spacial score (nSPS) is 18.3. The third kappa shape index (κ3) is 3.48. The fourth-order valence-corrected chi connectivity index (χ4v) is 1.68. The molecule has 0 radical (unpaired) electrons. The predicted molar refractivity (Wildman–Crippen MR) is 71.5 cm³/mol. The van der Waals surface area contributed by atoms with Crippen LogP contribution in [0.5, 0.6) is 0 Å². The molecular formula is C13H14N4O2. The van der Waals surface area contributed by atoms with Crippen LogP contribution in [0.15, 0.2) is 40.5 Å². The molecule has 0 spiro atoms. The maximum atomic E-state index is 11.6. The Hall–Kier alpha value is -2.50. The largest absolute Gasteiger partial charge is 0.273 e. The van der Waals surface area contributed by atoms with E-state index < -0.39 is 5.92 Å². The van der Waals surface area contributed by atoms with Crippen LogP contribution in [0.2, 0.25) is 0 Å². The monoisotopic (exact) mass is 258 g/mol. The van der Waals surface area contributed by atoms with Gasteiger partial charge in [0, 0.05) is 12.1 Å². The Morgan fingerprint density at radius 1 is 1.47 bits per heavy atom. The second kappa shape index (κ2) is 5.90. The van der Waals surface area contributed by atoms with E-state index in [1.54, 1.807) is 13.1 Å². The number of carbonyl (C=O) groups excluding carboxylic acids is 2. The highest BCUT2D eigenvalue weighted by atomic mass is 16.2. The number of nitrogens with one attached hydrogen (secondary N) is 2. The first-order chi connectivity index (χ1) is 9.16. The van der Waals surface area contributed by atoms with Crippen molar-refractivity contribution in [2.24, 2.45) is 16.1 Å². The van der Waals surface area contributed by atoms with E-state index in [-0.39, 0.29) is 18.2 Å². The molecule has 19 heavy (non-hydrogen) atoms. The molecule has 0 fully saturated rings. The standard InChI is InChI=1S/C13H14N4O2/c1-9-11(13(19)17-15-9)7-12(18)16-14-8-10-5-3-2-4-6-10/h2-6,8,11H,7H2,1H3,(H,16,18)(H,17,19)/b14-8-/t11-/m1/s1. The first-order valence-corrected chi connectivity index (χ1v) is 5.88. The molecule has 1 heterocycles. The molecule has 0 unspecified atom stereocenters. The van der Waals surface area contributed by atoms with E-state index in [1.807, 2.05) is 30.3 Å². The smallest absolute Gasteiger partial charge is 0.249 e. The molecule has 98 valence electrons. The number of hydrazone groups is 2. The predicted octanol–water partition coefficient (Wildman–Crippen LogP) is 0.649. The molecule has 1 aliphatic heterocycles. The van der Waals surface area contributed by atoms with Crippen molar-refractivity contribution in [2.75, 3.05) is 0 Å². The van der Waals surface area contributed by atoms with Crippen LogP contribution in [0.4, 0.5) is 0 Å². The third-order valence-electron chi connectivity index (χ3n) is 2.76. The van der Waals surface area contributed by atoms with Gasteiger partial charge in [-0.15, -0.1) is 0 Å². The fourth-order valence-electron chi connectivity index (χ4n) is 1.68. The highest BCUT2D eigenvalue weighted by Gasteiger charge is 2.28.